The van der Waals surface area contributed by atoms with E-state index in [4.69, 9.17) is 28.9 Å². The lowest BCUT2D eigenvalue weighted by molar-refractivity contribution is -0.116. The molecule has 0 radical (unpaired) electrons. The largest absolute Gasteiger partial charge is 0.384 e. The molecule has 0 bridgehead atoms. The lowest BCUT2D eigenvalue weighted by Gasteiger charge is -2.38. The van der Waals surface area contributed by atoms with E-state index >= 15 is 0 Å². The lowest BCUT2D eigenvalue weighted by atomic mass is 9.76. The molecule has 0 saturated carbocycles. The van der Waals surface area contributed by atoms with Gasteiger partial charge in [-0.1, -0.05) is 70.6 Å². The number of nitrogens with one attached hydrogen (secondary N) is 1. The molecule has 8 nitrogen and oxygen atoms in total. The number of carbonyl (C=O) groups is 2. The number of carbonyl (C=O) groups excluding carboxylic acids is 2. The molecule has 1 amide bonds. The third kappa shape index (κ3) is 5.40. The Morgan fingerprint density at radius 1 is 1.23 bits per heavy atom. The van der Waals surface area contributed by atoms with Crippen molar-refractivity contribution in [3.8, 4) is 6.07 Å². The molecule has 198 valence electrons. The Morgan fingerprint density at radius 3 is 2.77 bits per heavy atom. The molecule has 12 heteroatoms. The Kier molecular flexibility index (Phi) is 7.96. The monoisotopic (exact) mass is 596 g/mol. The van der Waals surface area contributed by atoms with Crippen molar-refractivity contribution in [3.63, 3.8) is 0 Å². The molecule has 5 rings (SSSR count). The molecule has 1 aromatic heterocycles. The number of anilines is 2. The molecule has 1 aliphatic heterocycles. The zero-order valence-electron chi connectivity index (χ0n) is 20.7. The van der Waals surface area contributed by atoms with Gasteiger partial charge >= 0.3 is 0 Å². The highest BCUT2D eigenvalue weighted by atomic mass is 35.5. The molecule has 39 heavy (non-hydrogen) atoms. The molecule has 3 N–H and O–H groups in total. The van der Waals surface area contributed by atoms with Gasteiger partial charge in [-0.05, 0) is 49.1 Å². The van der Waals surface area contributed by atoms with E-state index in [9.17, 15) is 14.9 Å². The maximum absolute atomic E-state index is 13.3. The molecule has 0 spiro atoms. The summed E-state index contributed by atoms with van der Waals surface area (Å²) in [6.45, 7) is 1.93. The topological polar surface area (TPSA) is 125 Å². The number of rotatable bonds is 6. The van der Waals surface area contributed by atoms with Gasteiger partial charge in [0.15, 0.2) is 10.1 Å². The smallest absolute Gasteiger partial charge is 0.234 e. The summed E-state index contributed by atoms with van der Waals surface area (Å²) in [6.07, 6.45) is 1.60. The first kappa shape index (κ1) is 27.2. The van der Waals surface area contributed by atoms with Crippen molar-refractivity contribution in [2.75, 3.05) is 16.0 Å². The van der Waals surface area contributed by atoms with Crippen molar-refractivity contribution in [2.45, 2.75) is 36.4 Å². The number of nitrogens with two attached hydrogens (primary N) is 1. The molecule has 2 aromatic carbocycles. The minimum Gasteiger partial charge on any atom is -0.384 e. The first-order valence-electron chi connectivity index (χ1n) is 12.0. The number of thioether (sulfide) groups is 1. The summed E-state index contributed by atoms with van der Waals surface area (Å²) < 4.78 is 0.562. The quantitative estimate of drug-likeness (QED) is 0.323. The molecule has 2 heterocycles. The van der Waals surface area contributed by atoms with Gasteiger partial charge in [-0.25, -0.2) is 0 Å². The van der Waals surface area contributed by atoms with E-state index in [1.165, 1.54) is 23.1 Å². The van der Waals surface area contributed by atoms with Gasteiger partial charge in [0.2, 0.25) is 11.0 Å². The third-order valence-corrected chi connectivity index (χ3v) is 9.30. The molecule has 1 atom stereocenters. The zero-order valence-corrected chi connectivity index (χ0v) is 23.8. The number of aryl methyl sites for hydroxylation is 1. The Bertz CT molecular complexity index is 1590. The minimum atomic E-state index is -0.657. The summed E-state index contributed by atoms with van der Waals surface area (Å²) in [5.41, 5.74) is 10.4. The van der Waals surface area contributed by atoms with E-state index in [0.717, 1.165) is 11.3 Å². The molecular weight excluding hydrogens is 575 g/mol. The number of aromatic nitrogens is 2. The van der Waals surface area contributed by atoms with Gasteiger partial charge in [-0.15, -0.1) is 10.2 Å². The number of ketones is 1. The van der Waals surface area contributed by atoms with Crippen molar-refractivity contribution in [2.24, 2.45) is 5.73 Å². The minimum absolute atomic E-state index is 0.0513. The maximum Gasteiger partial charge on any atom is 0.234 e. The van der Waals surface area contributed by atoms with Crippen LogP contribution in [0.3, 0.4) is 0 Å². The Hall–Kier alpha value is -3.36. The van der Waals surface area contributed by atoms with Crippen LogP contribution < -0.4 is 16.0 Å². The van der Waals surface area contributed by atoms with E-state index in [1.54, 1.807) is 23.1 Å². The van der Waals surface area contributed by atoms with Gasteiger partial charge in [0.05, 0.1) is 33.4 Å². The summed E-state index contributed by atoms with van der Waals surface area (Å²) >= 11 is 14.9. The number of nitriles is 1. The van der Waals surface area contributed by atoms with Crippen molar-refractivity contribution in [3.05, 3.63) is 86.3 Å². The van der Waals surface area contributed by atoms with Crippen LogP contribution in [0.25, 0.3) is 0 Å². The average Bonchev–Trinajstić information content (AvgIpc) is 3.38. The van der Waals surface area contributed by atoms with Crippen LogP contribution in [-0.4, -0.2) is 27.6 Å². The summed E-state index contributed by atoms with van der Waals surface area (Å²) in [5, 5.41) is 22.7. The summed E-state index contributed by atoms with van der Waals surface area (Å²) in [7, 11) is 0. The number of para-hydroxylation sites is 1. The second-order valence-electron chi connectivity index (χ2n) is 8.99. The summed E-state index contributed by atoms with van der Waals surface area (Å²) in [6, 6.07) is 14.8. The van der Waals surface area contributed by atoms with Gasteiger partial charge < -0.3 is 11.1 Å². The standard InChI is InChI=1S/C27H22Cl2N6O2S2/c1-14-5-2-3-6-19(14)32-22(37)13-38-27-34-33-26(39-27)35-20-7-4-8-21(36)24(20)23(16(12-30)25(35)31)15-9-10-17(28)18(29)11-15/h2-3,5-6,9-11,23H,4,7-8,13,31H2,1H3,(H,32,37). The van der Waals surface area contributed by atoms with Crippen LogP contribution in [0.2, 0.25) is 10.0 Å². The molecule has 0 saturated heterocycles. The van der Waals surface area contributed by atoms with E-state index in [1.807, 2.05) is 31.2 Å². The second kappa shape index (κ2) is 11.4. The maximum atomic E-state index is 13.3. The lowest BCUT2D eigenvalue weighted by Crippen LogP contribution is -2.38. The molecular formula is C27H22Cl2N6O2S2. The Morgan fingerprint density at radius 2 is 2.03 bits per heavy atom. The molecule has 3 aromatic rings. The number of hydrogen-bond donors (Lipinski definition) is 2. The van der Waals surface area contributed by atoms with Crippen molar-refractivity contribution < 1.29 is 9.59 Å². The fraction of sp³-hybridized carbons (Fsp3) is 0.222. The van der Waals surface area contributed by atoms with Gasteiger partial charge in [-0.3, -0.25) is 14.5 Å². The third-order valence-electron chi connectivity index (χ3n) is 6.52. The zero-order chi connectivity index (χ0) is 27.7. The highest BCUT2D eigenvalue weighted by Gasteiger charge is 2.41. The van der Waals surface area contributed by atoms with E-state index in [-0.39, 0.29) is 28.8 Å². The molecule has 2 aliphatic rings. The van der Waals surface area contributed by atoms with Gasteiger partial charge in [0, 0.05) is 23.4 Å². The van der Waals surface area contributed by atoms with Crippen LogP contribution in [0, 0.1) is 18.3 Å². The average molecular weight is 598 g/mol. The number of nitrogens with zero attached hydrogens (tertiary/aromatic N) is 4. The van der Waals surface area contributed by atoms with Gasteiger partial charge in [0.25, 0.3) is 0 Å². The van der Waals surface area contributed by atoms with E-state index in [0.29, 0.717) is 55.6 Å². The predicted molar refractivity (Wildman–Crippen MR) is 155 cm³/mol. The van der Waals surface area contributed by atoms with Gasteiger partial charge in [0.1, 0.15) is 5.82 Å². The normalized spacial score (nSPS) is 17.2. The fourth-order valence-electron chi connectivity index (χ4n) is 4.71. The van der Waals surface area contributed by atoms with Crippen molar-refractivity contribution in [1.82, 2.24) is 10.2 Å². The van der Waals surface area contributed by atoms with Crippen LogP contribution in [-0.2, 0) is 9.59 Å². The highest BCUT2D eigenvalue weighted by Crippen LogP contribution is 2.47. The number of amides is 1. The van der Waals surface area contributed by atoms with Crippen molar-refractivity contribution >= 4 is 68.8 Å². The van der Waals surface area contributed by atoms with Crippen LogP contribution in [0.15, 0.2) is 69.5 Å². The summed E-state index contributed by atoms with van der Waals surface area (Å²) in [5.74, 6) is -0.543. The molecule has 1 unspecified atom stereocenters. The first-order valence-corrected chi connectivity index (χ1v) is 14.6. The first-order chi connectivity index (χ1) is 18.8. The summed E-state index contributed by atoms with van der Waals surface area (Å²) in [4.78, 5) is 27.4. The second-order valence-corrected chi connectivity index (χ2v) is 12.0. The van der Waals surface area contributed by atoms with Crippen LogP contribution in [0.1, 0.15) is 36.3 Å². The molecule has 0 fully saturated rings. The van der Waals surface area contributed by atoms with Crippen molar-refractivity contribution in [1.29, 1.82) is 5.26 Å². The van der Waals surface area contributed by atoms with Gasteiger partial charge in [-0.2, -0.15) is 5.26 Å². The fourth-order valence-corrected chi connectivity index (χ4v) is 6.70. The van der Waals surface area contributed by atoms with E-state index in [2.05, 4.69) is 21.6 Å². The Labute approximate surface area is 243 Å². The number of halogens is 2. The highest BCUT2D eigenvalue weighted by molar-refractivity contribution is 8.01. The van der Waals surface area contributed by atoms with Crippen LogP contribution in [0.4, 0.5) is 10.8 Å². The Balaban J connectivity index is 1.44. The SMILES string of the molecule is Cc1ccccc1NC(=O)CSc1nnc(N2C(N)=C(C#N)C(c3ccc(Cl)c(Cl)c3)C3=C2CCCC3=O)s1. The number of allylic oxidation sites excluding steroid dienone is 3. The number of hydrogen-bond acceptors (Lipinski definition) is 9. The van der Waals surface area contributed by atoms with E-state index < -0.39 is 5.92 Å². The van der Waals surface area contributed by atoms with Crippen LogP contribution in [0.5, 0.6) is 0 Å². The number of benzene rings is 2. The predicted octanol–water partition coefficient (Wildman–Crippen LogP) is 6.19. The number of Topliss-reactive ketones (excluding diaryl/α,β-unsaturated/α-hetero) is 1. The molecule has 1 aliphatic carbocycles. The van der Waals surface area contributed by atoms with Crippen LogP contribution >= 0.6 is 46.3 Å².